The average Bonchev–Trinajstić information content (AvgIpc) is 2.65. The first-order valence-corrected chi connectivity index (χ1v) is 9.31. The summed E-state index contributed by atoms with van der Waals surface area (Å²) >= 11 is 12.1. The van der Waals surface area contributed by atoms with Crippen LogP contribution in [0.1, 0.15) is 16.8 Å². The molecule has 0 amide bonds. The third-order valence-corrected chi connectivity index (χ3v) is 4.75. The van der Waals surface area contributed by atoms with Gasteiger partial charge in [0.05, 0.1) is 15.9 Å². The van der Waals surface area contributed by atoms with E-state index >= 15 is 0 Å². The Morgan fingerprint density at radius 3 is 2.38 bits per heavy atom. The van der Waals surface area contributed by atoms with Crippen molar-refractivity contribution in [2.24, 2.45) is 0 Å². The Bertz CT molecular complexity index is 1010. The van der Waals surface area contributed by atoms with Gasteiger partial charge >= 0.3 is 6.61 Å². The van der Waals surface area contributed by atoms with Crippen LogP contribution in [0.15, 0.2) is 36.4 Å². The summed E-state index contributed by atoms with van der Waals surface area (Å²) in [7, 11) is 0. The Labute approximate surface area is 175 Å². The van der Waals surface area contributed by atoms with E-state index in [2.05, 4.69) is 4.98 Å². The van der Waals surface area contributed by atoms with Gasteiger partial charge in [0, 0.05) is 22.7 Å². The van der Waals surface area contributed by atoms with Crippen LogP contribution in [0.5, 0.6) is 11.5 Å². The molecule has 29 heavy (non-hydrogen) atoms. The molecule has 1 heterocycles. The number of aryl methyl sites for hydroxylation is 1. The molecule has 0 unspecified atom stereocenters. The van der Waals surface area contributed by atoms with E-state index in [4.69, 9.17) is 42.9 Å². The summed E-state index contributed by atoms with van der Waals surface area (Å²) < 4.78 is 36.8. The Morgan fingerprint density at radius 2 is 1.76 bits per heavy atom. The van der Waals surface area contributed by atoms with Crippen molar-refractivity contribution in [3.63, 3.8) is 0 Å². The summed E-state index contributed by atoms with van der Waals surface area (Å²) in [5.41, 5.74) is 1.92. The first-order valence-electron chi connectivity index (χ1n) is 8.56. The monoisotopic (exact) mass is 443 g/mol. The molecule has 3 rings (SSSR count). The number of hydrogen-bond acceptors (Lipinski definition) is 5. The number of aliphatic hydroxyl groups is 2. The second-order valence-corrected chi connectivity index (χ2v) is 7.09. The van der Waals surface area contributed by atoms with E-state index in [-0.39, 0.29) is 33.8 Å². The van der Waals surface area contributed by atoms with E-state index in [0.717, 1.165) is 5.56 Å². The molecule has 0 saturated heterocycles. The third-order valence-electron chi connectivity index (χ3n) is 4.20. The summed E-state index contributed by atoms with van der Waals surface area (Å²) in [5.74, 6) is -0.0274. The zero-order valence-electron chi connectivity index (χ0n) is 15.2. The Morgan fingerprint density at radius 1 is 1.07 bits per heavy atom. The smallest absolute Gasteiger partial charge is 0.387 e. The van der Waals surface area contributed by atoms with Crippen LogP contribution in [-0.4, -0.2) is 34.7 Å². The molecule has 0 aliphatic rings. The molecular formula is C20H17Cl2F2NO4. The van der Waals surface area contributed by atoms with Gasteiger partial charge in [0.2, 0.25) is 0 Å². The van der Waals surface area contributed by atoms with E-state index in [1.54, 1.807) is 31.2 Å². The highest BCUT2D eigenvalue weighted by Gasteiger charge is 2.23. The number of ether oxygens (including phenoxy) is 2. The SMILES string of the molecule is Cc1nc2c(Cl)ccc(OCC(O)O)c2c(OC(F)F)c1Cc1ccc(Cl)cc1. The van der Waals surface area contributed by atoms with Crippen LogP contribution in [-0.2, 0) is 6.42 Å². The fraction of sp³-hybridized carbons (Fsp3) is 0.250. The number of nitrogens with zero attached hydrogens (tertiary/aromatic N) is 1. The van der Waals surface area contributed by atoms with E-state index in [1.807, 2.05) is 0 Å². The van der Waals surface area contributed by atoms with Gasteiger partial charge in [-0.05, 0) is 36.8 Å². The summed E-state index contributed by atoms with van der Waals surface area (Å²) in [6.45, 7) is -1.89. The topological polar surface area (TPSA) is 71.8 Å². The molecule has 0 spiro atoms. The number of halogens is 4. The van der Waals surface area contributed by atoms with Gasteiger partial charge in [-0.1, -0.05) is 35.3 Å². The fourth-order valence-electron chi connectivity index (χ4n) is 2.94. The largest absolute Gasteiger partial charge is 0.487 e. The second kappa shape index (κ2) is 9.09. The van der Waals surface area contributed by atoms with Gasteiger partial charge in [0.15, 0.2) is 6.29 Å². The van der Waals surface area contributed by atoms with Crippen molar-refractivity contribution in [2.45, 2.75) is 26.2 Å². The lowest BCUT2D eigenvalue weighted by Crippen LogP contribution is -2.16. The molecule has 3 aromatic rings. The predicted octanol–water partition coefficient (Wildman–Crippen LogP) is 4.73. The lowest BCUT2D eigenvalue weighted by Gasteiger charge is -2.19. The molecule has 154 valence electrons. The molecule has 9 heteroatoms. The van der Waals surface area contributed by atoms with Crippen LogP contribution >= 0.6 is 23.2 Å². The van der Waals surface area contributed by atoms with Crippen LogP contribution in [0.3, 0.4) is 0 Å². The molecule has 5 nitrogen and oxygen atoms in total. The number of hydrogen-bond donors (Lipinski definition) is 2. The standard InChI is InChI=1S/C20H17Cl2F2NO4/c1-10-13(8-11-2-4-12(21)5-3-11)19(29-20(23)24)17-15(28-9-16(26)27)7-6-14(22)18(17)25-10/h2-7,16,20,26-27H,8-9H2,1H3. The molecule has 0 fully saturated rings. The lowest BCUT2D eigenvalue weighted by atomic mass is 10.00. The number of pyridine rings is 1. The molecule has 0 saturated carbocycles. The lowest BCUT2D eigenvalue weighted by molar-refractivity contribution is -0.0681. The highest BCUT2D eigenvalue weighted by molar-refractivity contribution is 6.35. The minimum Gasteiger partial charge on any atom is -0.487 e. The number of alkyl halides is 2. The zero-order chi connectivity index (χ0) is 21.1. The van der Waals surface area contributed by atoms with Gasteiger partial charge in [-0.3, -0.25) is 4.98 Å². The van der Waals surface area contributed by atoms with E-state index in [0.29, 0.717) is 16.3 Å². The van der Waals surface area contributed by atoms with Gasteiger partial charge in [-0.25, -0.2) is 0 Å². The van der Waals surface area contributed by atoms with E-state index < -0.39 is 19.5 Å². The number of rotatable bonds is 7. The normalized spacial score (nSPS) is 11.5. The Kier molecular flexibility index (Phi) is 6.74. The number of fused-ring (bicyclic) bond motifs is 1. The van der Waals surface area contributed by atoms with Crippen molar-refractivity contribution in [3.8, 4) is 11.5 Å². The first kappa shape index (κ1) is 21.5. The minimum atomic E-state index is -3.10. The maximum Gasteiger partial charge on any atom is 0.387 e. The van der Waals surface area contributed by atoms with Gasteiger partial charge in [-0.2, -0.15) is 8.78 Å². The third kappa shape index (κ3) is 5.05. The van der Waals surface area contributed by atoms with Crippen LogP contribution in [0.4, 0.5) is 8.78 Å². The highest BCUT2D eigenvalue weighted by atomic mass is 35.5. The predicted molar refractivity (Wildman–Crippen MR) is 106 cm³/mol. The molecule has 0 bridgehead atoms. The minimum absolute atomic E-state index is 0.0954. The maximum atomic E-state index is 13.3. The Hall–Kier alpha value is -2.19. The second-order valence-electron chi connectivity index (χ2n) is 6.25. The van der Waals surface area contributed by atoms with Gasteiger partial charge in [0.1, 0.15) is 18.1 Å². The molecule has 0 radical (unpaired) electrons. The molecule has 0 atom stereocenters. The van der Waals surface area contributed by atoms with Crippen molar-refractivity contribution in [2.75, 3.05) is 6.61 Å². The molecule has 0 aliphatic carbocycles. The van der Waals surface area contributed by atoms with Crippen LogP contribution < -0.4 is 9.47 Å². The molecule has 1 aromatic heterocycles. The molecule has 0 aliphatic heterocycles. The summed E-state index contributed by atoms with van der Waals surface area (Å²) in [6.07, 6.45) is -1.49. The van der Waals surface area contributed by atoms with Crippen molar-refractivity contribution in [3.05, 3.63) is 63.3 Å². The van der Waals surface area contributed by atoms with Crippen LogP contribution in [0.2, 0.25) is 10.0 Å². The number of aliphatic hydroxyl groups excluding tert-OH is 1. The fourth-order valence-corrected chi connectivity index (χ4v) is 3.27. The zero-order valence-corrected chi connectivity index (χ0v) is 16.7. The maximum absolute atomic E-state index is 13.3. The van der Waals surface area contributed by atoms with E-state index in [9.17, 15) is 8.78 Å². The summed E-state index contributed by atoms with van der Waals surface area (Å²) in [5, 5.41) is 19.1. The molecular weight excluding hydrogens is 427 g/mol. The summed E-state index contributed by atoms with van der Waals surface area (Å²) in [6, 6.07) is 9.87. The van der Waals surface area contributed by atoms with Crippen molar-refractivity contribution >= 4 is 34.1 Å². The molecule has 2 aromatic carbocycles. The number of benzene rings is 2. The highest BCUT2D eigenvalue weighted by Crippen LogP contribution is 2.41. The van der Waals surface area contributed by atoms with Gasteiger partial charge < -0.3 is 19.7 Å². The number of aromatic nitrogens is 1. The Balaban J connectivity index is 2.22. The van der Waals surface area contributed by atoms with Crippen molar-refractivity contribution < 1.29 is 28.5 Å². The van der Waals surface area contributed by atoms with Crippen molar-refractivity contribution in [1.82, 2.24) is 4.98 Å². The molecule has 2 N–H and O–H groups in total. The summed E-state index contributed by atoms with van der Waals surface area (Å²) in [4.78, 5) is 4.46. The first-order chi connectivity index (χ1) is 13.8. The van der Waals surface area contributed by atoms with Gasteiger partial charge in [0.25, 0.3) is 0 Å². The van der Waals surface area contributed by atoms with Gasteiger partial charge in [-0.15, -0.1) is 0 Å². The van der Waals surface area contributed by atoms with E-state index in [1.165, 1.54) is 12.1 Å². The van der Waals surface area contributed by atoms with Crippen molar-refractivity contribution in [1.29, 1.82) is 0 Å². The van der Waals surface area contributed by atoms with Crippen LogP contribution in [0.25, 0.3) is 10.9 Å². The van der Waals surface area contributed by atoms with Crippen LogP contribution in [0, 0.1) is 6.92 Å². The quantitative estimate of drug-likeness (QED) is 0.516. The average molecular weight is 444 g/mol.